The maximum Gasteiger partial charge on any atom is 0.156 e. The first-order chi connectivity index (χ1) is 8.67. The number of benzene rings is 1. The van der Waals surface area contributed by atoms with Crippen molar-refractivity contribution in [1.82, 2.24) is 0 Å². The van der Waals surface area contributed by atoms with Crippen LogP contribution in [-0.4, -0.2) is 18.0 Å². The lowest BCUT2D eigenvalue weighted by atomic mass is 9.78. The van der Waals surface area contributed by atoms with Gasteiger partial charge >= 0.3 is 0 Å². The van der Waals surface area contributed by atoms with Crippen LogP contribution in [0.4, 0.5) is 0 Å². The molecule has 2 heteroatoms. The Hall–Kier alpha value is -1.67. The third-order valence-corrected chi connectivity index (χ3v) is 3.85. The molecule has 2 atom stereocenters. The molecule has 18 heavy (non-hydrogen) atoms. The number of hydrogen-bond acceptors (Lipinski definition) is 2. The normalized spacial score (nSPS) is 32.8. The van der Waals surface area contributed by atoms with Gasteiger partial charge in [0.05, 0.1) is 12.2 Å². The largest absolute Gasteiger partial charge is 0.366 e. The van der Waals surface area contributed by atoms with Crippen LogP contribution in [0.1, 0.15) is 18.9 Å². The second-order valence-electron chi connectivity index (χ2n) is 5.16. The molecule has 0 unspecified atom stereocenters. The van der Waals surface area contributed by atoms with Crippen molar-refractivity contribution in [1.29, 1.82) is 0 Å². The van der Waals surface area contributed by atoms with Gasteiger partial charge in [0, 0.05) is 12.3 Å². The molecule has 92 valence electrons. The van der Waals surface area contributed by atoms with E-state index in [9.17, 15) is 4.79 Å². The fraction of sp³-hybridized carbons (Fsp3) is 0.312. The summed E-state index contributed by atoms with van der Waals surface area (Å²) >= 11 is 0. The highest BCUT2D eigenvalue weighted by Crippen LogP contribution is 2.42. The van der Waals surface area contributed by atoms with Gasteiger partial charge in [-0.2, -0.15) is 0 Å². The van der Waals surface area contributed by atoms with Crippen LogP contribution in [0.15, 0.2) is 48.1 Å². The van der Waals surface area contributed by atoms with Gasteiger partial charge in [-0.3, -0.25) is 4.79 Å². The number of carbonyl (C=O) groups excluding carboxylic acids is 1. The van der Waals surface area contributed by atoms with Gasteiger partial charge < -0.3 is 4.74 Å². The fourth-order valence-corrected chi connectivity index (χ4v) is 2.74. The quantitative estimate of drug-likeness (QED) is 0.754. The van der Waals surface area contributed by atoms with Gasteiger partial charge in [0.2, 0.25) is 0 Å². The SMILES string of the molecule is C[C@]12C=CC(=O)C[C@H]1/C(=C/c1ccccc1)CO2. The first kappa shape index (κ1) is 11.4. The third kappa shape index (κ3) is 1.93. The number of ether oxygens (including phenoxy) is 1. The molecular formula is C16H16O2. The van der Waals surface area contributed by atoms with E-state index in [1.54, 1.807) is 6.08 Å². The van der Waals surface area contributed by atoms with E-state index in [1.807, 2.05) is 24.3 Å². The van der Waals surface area contributed by atoms with Crippen molar-refractivity contribution in [3.05, 3.63) is 53.6 Å². The Balaban J connectivity index is 1.94. The van der Waals surface area contributed by atoms with E-state index in [1.165, 1.54) is 11.1 Å². The van der Waals surface area contributed by atoms with Crippen LogP contribution >= 0.6 is 0 Å². The summed E-state index contributed by atoms with van der Waals surface area (Å²) in [6, 6.07) is 10.2. The lowest BCUT2D eigenvalue weighted by Crippen LogP contribution is -2.34. The van der Waals surface area contributed by atoms with Crippen molar-refractivity contribution >= 4 is 11.9 Å². The Labute approximate surface area is 107 Å². The molecule has 1 aromatic rings. The van der Waals surface area contributed by atoms with Gasteiger partial charge in [-0.25, -0.2) is 0 Å². The Bertz CT molecular complexity index is 527. The first-order valence-corrected chi connectivity index (χ1v) is 6.29. The summed E-state index contributed by atoms with van der Waals surface area (Å²) in [6.07, 6.45) is 6.28. The molecule has 0 bridgehead atoms. The molecule has 0 radical (unpaired) electrons. The molecule has 0 aromatic heterocycles. The van der Waals surface area contributed by atoms with Crippen molar-refractivity contribution in [3.8, 4) is 0 Å². The van der Waals surface area contributed by atoms with Gasteiger partial charge in [-0.05, 0) is 30.2 Å². The van der Waals surface area contributed by atoms with Crippen molar-refractivity contribution < 1.29 is 9.53 Å². The van der Waals surface area contributed by atoms with Crippen LogP contribution in [0.5, 0.6) is 0 Å². The average molecular weight is 240 g/mol. The van der Waals surface area contributed by atoms with Crippen molar-refractivity contribution in [2.45, 2.75) is 18.9 Å². The van der Waals surface area contributed by atoms with Gasteiger partial charge in [-0.1, -0.05) is 36.4 Å². The van der Waals surface area contributed by atoms with E-state index in [2.05, 4.69) is 25.1 Å². The van der Waals surface area contributed by atoms with E-state index >= 15 is 0 Å². The van der Waals surface area contributed by atoms with Gasteiger partial charge in [-0.15, -0.1) is 0 Å². The van der Waals surface area contributed by atoms with Crippen molar-refractivity contribution in [2.75, 3.05) is 6.61 Å². The second-order valence-corrected chi connectivity index (χ2v) is 5.16. The van der Waals surface area contributed by atoms with Crippen LogP contribution in [0.25, 0.3) is 6.08 Å². The minimum absolute atomic E-state index is 0.190. The predicted molar refractivity (Wildman–Crippen MR) is 71.0 cm³/mol. The molecule has 0 N–H and O–H groups in total. The highest BCUT2D eigenvalue weighted by atomic mass is 16.5. The topological polar surface area (TPSA) is 26.3 Å². The highest BCUT2D eigenvalue weighted by molar-refractivity contribution is 5.91. The van der Waals surface area contributed by atoms with Gasteiger partial charge in [0.25, 0.3) is 0 Å². The number of carbonyl (C=O) groups is 1. The van der Waals surface area contributed by atoms with E-state index < -0.39 is 0 Å². The average Bonchev–Trinajstić information content (AvgIpc) is 2.69. The van der Waals surface area contributed by atoms with Crippen molar-refractivity contribution in [3.63, 3.8) is 0 Å². The lowest BCUT2D eigenvalue weighted by molar-refractivity contribution is -0.117. The molecule has 2 nitrogen and oxygen atoms in total. The Morgan fingerprint density at radius 3 is 2.89 bits per heavy atom. The molecule has 2 aliphatic rings. The van der Waals surface area contributed by atoms with E-state index in [0.29, 0.717) is 13.0 Å². The van der Waals surface area contributed by atoms with E-state index in [-0.39, 0.29) is 17.3 Å². The zero-order chi connectivity index (χ0) is 12.6. The smallest absolute Gasteiger partial charge is 0.156 e. The summed E-state index contributed by atoms with van der Waals surface area (Å²) in [5, 5.41) is 0. The Morgan fingerprint density at radius 1 is 1.33 bits per heavy atom. The van der Waals surface area contributed by atoms with Crippen LogP contribution in [0, 0.1) is 5.92 Å². The van der Waals surface area contributed by atoms with Crippen molar-refractivity contribution in [2.24, 2.45) is 5.92 Å². The summed E-state index contributed by atoms with van der Waals surface area (Å²) in [5.41, 5.74) is 2.10. The molecule has 1 heterocycles. The summed E-state index contributed by atoms with van der Waals surface area (Å²) in [5.74, 6) is 0.386. The second kappa shape index (κ2) is 4.21. The highest BCUT2D eigenvalue weighted by Gasteiger charge is 2.44. The molecule has 0 amide bonds. The first-order valence-electron chi connectivity index (χ1n) is 6.29. The molecule has 1 aromatic carbocycles. The fourth-order valence-electron chi connectivity index (χ4n) is 2.74. The number of fused-ring (bicyclic) bond motifs is 1. The van der Waals surface area contributed by atoms with Crippen LogP contribution in [0.2, 0.25) is 0 Å². The zero-order valence-corrected chi connectivity index (χ0v) is 10.4. The lowest BCUT2D eigenvalue weighted by Gasteiger charge is -2.29. The maximum absolute atomic E-state index is 11.6. The van der Waals surface area contributed by atoms with E-state index in [0.717, 1.165) is 0 Å². The predicted octanol–water partition coefficient (Wildman–Crippen LogP) is 3.00. The Morgan fingerprint density at radius 2 is 2.11 bits per heavy atom. The summed E-state index contributed by atoms with van der Waals surface area (Å²) in [7, 11) is 0. The van der Waals surface area contributed by atoms with E-state index in [4.69, 9.17) is 4.74 Å². The van der Waals surface area contributed by atoms with Gasteiger partial charge in [0.15, 0.2) is 5.78 Å². The Kier molecular flexibility index (Phi) is 2.67. The zero-order valence-electron chi connectivity index (χ0n) is 10.4. The molecule has 1 aliphatic carbocycles. The molecule has 3 rings (SSSR count). The summed E-state index contributed by atoms with van der Waals surface area (Å²) in [4.78, 5) is 11.6. The minimum atomic E-state index is -0.297. The number of rotatable bonds is 1. The monoisotopic (exact) mass is 240 g/mol. The summed E-state index contributed by atoms with van der Waals surface area (Å²) < 4.78 is 5.87. The molecule has 1 saturated heterocycles. The molecule has 0 saturated carbocycles. The molecule has 0 spiro atoms. The molecular weight excluding hydrogens is 224 g/mol. The number of hydrogen-bond donors (Lipinski definition) is 0. The molecule has 1 aliphatic heterocycles. The third-order valence-electron chi connectivity index (χ3n) is 3.85. The van der Waals surface area contributed by atoms with Crippen LogP contribution < -0.4 is 0 Å². The maximum atomic E-state index is 11.6. The van der Waals surface area contributed by atoms with Crippen LogP contribution in [0.3, 0.4) is 0 Å². The number of allylic oxidation sites excluding steroid dienone is 1. The summed E-state index contributed by atoms with van der Waals surface area (Å²) in [6.45, 7) is 2.68. The van der Waals surface area contributed by atoms with Gasteiger partial charge in [0.1, 0.15) is 0 Å². The minimum Gasteiger partial charge on any atom is -0.366 e. The molecule has 1 fully saturated rings. The van der Waals surface area contributed by atoms with Crippen LogP contribution in [-0.2, 0) is 9.53 Å². The number of ketones is 1. The standard InChI is InChI=1S/C16H16O2/c1-16-8-7-14(17)10-15(16)13(11-18-16)9-12-5-3-2-4-6-12/h2-9,15H,10-11H2,1H3/b13-9+/t15-,16-/m0/s1.